The van der Waals surface area contributed by atoms with Gasteiger partial charge in [0.2, 0.25) is 5.91 Å². The van der Waals surface area contributed by atoms with E-state index in [2.05, 4.69) is 10.1 Å². The highest BCUT2D eigenvalue weighted by atomic mass is 16.6. The summed E-state index contributed by atoms with van der Waals surface area (Å²) in [4.78, 5) is 20.6. The molecule has 2 fully saturated rings. The van der Waals surface area contributed by atoms with Crippen molar-refractivity contribution in [2.24, 2.45) is 5.73 Å². The summed E-state index contributed by atoms with van der Waals surface area (Å²) in [6.07, 6.45) is 6.14. The maximum atomic E-state index is 11.4. The van der Waals surface area contributed by atoms with Gasteiger partial charge in [-0.1, -0.05) is 0 Å². The van der Waals surface area contributed by atoms with Gasteiger partial charge in [-0.15, -0.1) is 0 Å². The molecule has 2 N–H and O–H groups in total. The van der Waals surface area contributed by atoms with E-state index < -0.39 is 11.5 Å². The number of ether oxygens (including phenoxy) is 4. The quantitative estimate of drug-likeness (QED) is 0.546. The van der Waals surface area contributed by atoms with E-state index in [1.54, 1.807) is 31.3 Å². The molecule has 10 heteroatoms. The second kappa shape index (κ2) is 8.69. The second-order valence-electron chi connectivity index (χ2n) is 8.55. The minimum Gasteiger partial charge on any atom is -0.490 e. The van der Waals surface area contributed by atoms with Crippen molar-refractivity contribution in [3.05, 3.63) is 42.0 Å². The van der Waals surface area contributed by atoms with Gasteiger partial charge in [-0.3, -0.25) is 9.78 Å². The topological polar surface area (TPSA) is 124 Å². The minimum atomic E-state index is -0.648. The third kappa shape index (κ3) is 4.17. The average molecular weight is 453 g/mol. The fourth-order valence-corrected chi connectivity index (χ4v) is 4.33. The largest absolute Gasteiger partial charge is 0.490 e. The molecule has 1 aliphatic carbocycles. The van der Waals surface area contributed by atoms with Gasteiger partial charge in [-0.25, -0.2) is 9.67 Å². The lowest BCUT2D eigenvalue weighted by molar-refractivity contribution is -0.117. The second-order valence-corrected chi connectivity index (χ2v) is 8.55. The first kappa shape index (κ1) is 21.7. The van der Waals surface area contributed by atoms with E-state index in [0.29, 0.717) is 36.9 Å². The smallest absolute Gasteiger partial charge is 0.223 e. The Labute approximate surface area is 191 Å². The summed E-state index contributed by atoms with van der Waals surface area (Å²) in [5, 5.41) is 5.36. The summed E-state index contributed by atoms with van der Waals surface area (Å²) in [5.41, 5.74) is 6.78. The summed E-state index contributed by atoms with van der Waals surface area (Å²) >= 11 is 0. The van der Waals surface area contributed by atoms with E-state index in [1.807, 2.05) is 18.2 Å². The summed E-state index contributed by atoms with van der Waals surface area (Å²) in [6.45, 7) is 1.02. The lowest BCUT2D eigenvalue weighted by Crippen LogP contribution is -2.39. The molecule has 0 radical (unpaired) electrons. The number of carbonyl (C=O) groups excluding carboxylic acids is 1. The molecule has 0 spiro atoms. The average Bonchev–Trinajstić information content (AvgIpc) is 3.43. The Hall–Kier alpha value is -3.08. The van der Waals surface area contributed by atoms with Gasteiger partial charge in [0.25, 0.3) is 0 Å². The zero-order chi connectivity index (χ0) is 23.0. The van der Waals surface area contributed by atoms with Crippen LogP contribution in [-0.2, 0) is 31.0 Å². The van der Waals surface area contributed by atoms with Crippen molar-refractivity contribution in [2.45, 2.75) is 43.5 Å². The Morgan fingerprint density at radius 3 is 2.79 bits per heavy atom. The predicted octanol–water partition coefficient (Wildman–Crippen LogP) is 1.66. The molecule has 1 unspecified atom stereocenters. The monoisotopic (exact) mass is 453 g/mol. The number of primary amides is 1. The number of amides is 1. The Balaban J connectivity index is 1.57. The number of carbonyl (C=O) groups is 1. The number of nitrogens with zero attached hydrogens (tertiary/aromatic N) is 4. The van der Waals surface area contributed by atoms with Crippen molar-refractivity contribution < 1.29 is 23.7 Å². The molecule has 174 valence electrons. The molecule has 10 nitrogen and oxygen atoms in total. The highest BCUT2D eigenvalue weighted by molar-refractivity contribution is 5.82. The SMILES string of the molecule is COC1CC(Oc2cc(-n3ncc4cnc(CC(N)=O)cc43)nc(C3(OC)CCOC3)c2)C1. The first-order chi connectivity index (χ1) is 16.0. The van der Waals surface area contributed by atoms with Crippen LogP contribution in [0.5, 0.6) is 5.75 Å². The molecular weight excluding hydrogens is 426 g/mol. The van der Waals surface area contributed by atoms with Crippen molar-refractivity contribution in [2.75, 3.05) is 27.4 Å². The van der Waals surface area contributed by atoms with Gasteiger partial charge in [0.15, 0.2) is 5.82 Å². The van der Waals surface area contributed by atoms with Crippen LogP contribution in [0.2, 0.25) is 0 Å². The van der Waals surface area contributed by atoms with E-state index in [4.69, 9.17) is 29.7 Å². The van der Waals surface area contributed by atoms with Crippen molar-refractivity contribution in [1.82, 2.24) is 19.7 Å². The fourth-order valence-electron chi connectivity index (χ4n) is 4.33. The molecule has 1 amide bonds. The highest BCUT2D eigenvalue weighted by Crippen LogP contribution is 2.37. The van der Waals surface area contributed by atoms with E-state index in [-0.39, 0.29) is 18.6 Å². The van der Waals surface area contributed by atoms with Crippen molar-refractivity contribution >= 4 is 16.8 Å². The first-order valence-corrected chi connectivity index (χ1v) is 11.0. The van der Waals surface area contributed by atoms with Gasteiger partial charge in [0.05, 0.1) is 42.2 Å². The maximum Gasteiger partial charge on any atom is 0.223 e. The molecule has 1 atom stereocenters. The number of hydrogen-bond donors (Lipinski definition) is 1. The molecular formula is C23H27N5O5. The molecule has 0 aromatic carbocycles. The van der Waals surface area contributed by atoms with Gasteiger partial charge in [0.1, 0.15) is 17.5 Å². The third-order valence-electron chi connectivity index (χ3n) is 6.40. The summed E-state index contributed by atoms with van der Waals surface area (Å²) in [7, 11) is 3.39. The fraction of sp³-hybridized carbons (Fsp3) is 0.478. The van der Waals surface area contributed by atoms with Gasteiger partial charge >= 0.3 is 0 Å². The Morgan fingerprint density at radius 2 is 2.09 bits per heavy atom. The summed E-state index contributed by atoms with van der Waals surface area (Å²) in [5.74, 6) is 0.828. The van der Waals surface area contributed by atoms with E-state index in [9.17, 15) is 4.79 Å². The zero-order valence-corrected chi connectivity index (χ0v) is 18.7. The molecule has 1 saturated carbocycles. The van der Waals surface area contributed by atoms with Gasteiger partial charge in [-0.05, 0) is 6.07 Å². The minimum absolute atomic E-state index is 0.0510. The molecule has 33 heavy (non-hydrogen) atoms. The summed E-state index contributed by atoms with van der Waals surface area (Å²) in [6, 6.07) is 5.60. The van der Waals surface area contributed by atoms with E-state index in [0.717, 1.165) is 29.4 Å². The van der Waals surface area contributed by atoms with Crippen LogP contribution in [0.25, 0.3) is 16.7 Å². The number of methoxy groups -OCH3 is 2. The van der Waals surface area contributed by atoms with Crippen LogP contribution in [0.15, 0.2) is 30.6 Å². The van der Waals surface area contributed by atoms with Crippen LogP contribution < -0.4 is 10.5 Å². The molecule has 3 aromatic rings. The predicted molar refractivity (Wildman–Crippen MR) is 118 cm³/mol. The standard InChI is InChI=1S/C23H27N5O5/c1-30-16-7-17(8-16)33-18-9-20(23(31-2)3-4-32-13-23)27-22(10-18)28-19-5-15(6-21(24)29)25-11-14(19)12-26-28/h5,9-12,16-17H,3-4,6-8,13H2,1-2H3,(H2,24,29). The molecule has 2 aliphatic rings. The molecule has 0 bridgehead atoms. The number of hydrogen-bond acceptors (Lipinski definition) is 8. The normalized spacial score (nSPS) is 24.7. The van der Waals surface area contributed by atoms with Crippen LogP contribution in [0.4, 0.5) is 0 Å². The van der Waals surface area contributed by atoms with Crippen LogP contribution in [0.1, 0.15) is 30.7 Å². The lowest BCUT2D eigenvalue weighted by atomic mass is 9.92. The van der Waals surface area contributed by atoms with Gasteiger partial charge in [0, 0.05) is 63.8 Å². The van der Waals surface area contributed by atoms with Crippen LogP contribution in [-0.4, -0.2) is 65.3 Å². The molecule has 5 rings (SSSR count). The van der Waals surface area contributed by atoms with Crippen LogP contribution in [0.3, 0.4) is 0 Å². The Kier molecular flexibility index (Phi) is 5.73. The lowest BCUT2D eigenvalue weighted by Gasteiger charge is -2.34. The number of fused-ring (bicyclic) bond motifs is 1. The van der Waals surface area contributed by atoms with Gasteiger partial charge in [-0.2, -0.15) is 5.10 Å². The van der Waals surface area contributed by atoms with Crippen LogP contribution in [0, 0.1) is 0 Å². The zero-order valence-electron chi connectivity index (χ0n) is 18.7. The van der Waals surface area contributed by atoms with Crippen LogP contribution >= 0.6 is 0 Å². The van der Waals surface area contributed by atoms with Crippen molar-refractivity contribution in [3.63, 3.8) is 0 Å². The number of nitrogens with two attached hydrogens (primary N) is 1. The third-order valence-corrected chi connectivity index (χ3v) is 6.40. The first-order valence-electron chi connectivity index (χ1n) is 11.0. The number of rotatable bonds is 8. The molecule has 3 aromatic heterocycles. The van der Waals surface area contributed by atoms with E-state index >= 15 is 0 Å². The molecule has 1 aliphatic heterocycles. The molecule has 1 saturated heterocycles. The summed E-state index contributed by atoms with van der Waals surface area (Å²) < 4.78 is 24.9. The Bertz CT molecular complexity index is 1170. The molecule has 4 heterocycles. The van der Waals surface area contributed by atoms with Crippen molar-refractivity contribution in [1.29, 1.82) is 0 Å². The number of pyridine rings is 2. The maximum absolute atomic E-state index is 11.4. The van der Waals surface area contributed by atoms with Gasteiger partial charge < -0.3 is 24.7 Å². The highest BCUT2D eigenvalue weighted by Gasteiger charge is 2.39. The Morgan fingerprint density at radius 1 is 1.24 bits per heavy atom. The van der Waals surface area contributed by atoms with E-state index in [1.165, 1.54) is 0 Å². The van der Waals surface area contributed by atoms with Crippen molar-refractivity contribution in [3.8, 4) is 11.6 Å². The number of aromatic nitrogens is 4.